The van der Waals surface area contributed by atoms with E-state index < -0.39 is 0 Å². The van der Waals surface area contributed by atoms with Gasteiger partial charge in [0, 0.05) is 10.9 Å². The van der Waals surface area contributed by atoms with E-state index in [0.717, 1.165) is 23.9 Å². The summed E-state index contributed by atoms with van der Waals surface area (Å²) in [6, 6.07) is 8.31. The van der Waals surface area contributed by atoms with Crippen molar-refractivity contribution in [2.45, 2.75) is 25.2 Å². The number of hydrogen-bond acceptors (Lipinski definition) is 1. The van der Waals surface area contributed by atoms with E-state index in [4.69, 9.17) is 23.2 Å². The molecule has 1 saturated heterocycles. The standard InChI is InChI=1S/C14H19Cl2N/c15-7-2-8-17-9-5-12(6-10-17)13-3-1-4-14(16)11-13/h1,3-4,11-12H,2,5-10H2. The van der Waals surface area contributed by atoms with Gasteiger partial charge in [-0.3, -0.25) is 0 Å². The van der Waals surface area contributed by atoms with Gasteiger partial charge in [0.1, 0.15) is 0 Å². The fourth-order valence-corrected chi connectivity index (χ4v) is 2.85. The number of alkyl halides is 1. The lowest BCUT2D eigenvalue weighted by molar-refractivity contribution is 0.213. The normalized spacial score (nSPS) is 18.5. The molecule has 0 N–H and O–H groups in total. The van der Waals surface area contributed by atoms with Gasteiger partial charge in [0.05, 0.1) is 0 Å². The maximum absolute atomic E-state index is 6.04. The van der Waals surface area contributed by atoms with Crippen LogP contribution >= 0.6 is 23.2 Å². The summed E-state index contributed by atoms with van der Waals surface area (Å²) >= 11 is 11.8. The first-order valence-corrected chi connectivity index (χ1v) is 7.24. The van der Waals surface area contributed by atoms with Crippen LogP contribution in [0.5, 0.6) is 0 Å². The Morgan fingerprint density at radius 2 is 2.00 bits per heavy atom. The van der Waals surface area contributed by atoms with Gasteiger partial charge in [-0.25, -0.2) is 0 Å². The topological polar surface area (TPSA) is 3.24 Å². The molecule has 0 amide bonds. The van der Waals surface area contributed by atoms with E-state index in [1.54, 1.807) is 0 Å². The molecule has 0 aliphatic carbocycles. The van der Waals surface area contributed by atoms with Crippen molar-refractivity contribution < 1.29 is 0 Å². The minimum Gasteiger partial charge on any atom is -0.303 e. The van der Waals surface area contributed by atoms with Crippen LogP contribution in [-0.4, -0.2) is 30.4 Å². The lowest BCUT2D eigenvalue weighted by Gasteiger charge is -2.32. The Bertz CT molecular complexity index is 346. The average molecular weight is 272 g/mol. The minimum atomic E-state index is 0.681. The molecule has 0 atom stereocenters. The van der Waals surface area contributed by atoms with Crippen LogP contribution in [0.3, 0.4) is 0 Å². The minimum absolute atomic E-state index is 0.681. The highest BCUT2D eigenvalue weighted by atomic mass is 35.5. The number of hydrogen-bond donors (Lipinski definition) is 0. The van der Waals surface area contributed by atoms with Crippen molar-refractivity contribution in [3.63, 3.8) is 0 Å². The summed E-state index contributed by atoms with van der Waals surface area (Å²) in [5.41, 5.74) is 1.40. The molecule has 2 rings (SSSR count). The molecule has 1 nitrogen and oxygen atoms in total. The van der Waals surface area contributed by atoms with E-state index in [2.05, 4.69) is 23.1 Å². The highest BCUT2D eigenvalue weighted by Crippen LogP contribution is 2.29. The first-order chi connectivity index (χ1) is 8.29. The molecule has 0 aromatic heterocycles. The molecule has 1 aromatic rings. The van der Waals surface area contributed by atoms with Gasteiger partial charge in [-0.15, -0.1) is 11.6 Å². The van der Waals surface area contributed by atoms with Crippen molar-refractivity contribution in [2.75, 3.05) is 25.5 Å². The molecular formula is C14H19Cl2N. The maximum Gasteiger partial charge on any atom is 0.0408 e. The molecule has 0 radical (unpaired) electrons. The number of nitrogens with zero attached hydrogens (tertiary/aromatic N) is 1. The third-order valence-electron chi connectivity index (χ3n) is 3.52. The second kappa shape index (κ2) is 6.63. The van der Waals surface area contributed by atoms with Gasteiger partial charge in [-0.1, -0.05) is 23.7 Å². The fraction of sp³-hybridized carbons (Fsp3) is 0.571. The summed E-state index contributed by atoms with van der Waals surface area (Å²) < 4.78 is 0. The van der Waals surface area contributed by atoms with Crippen molar-refractivity contribution in [2.24, 2.45) is 0 Å². The molecule has 0 unspecified atom stereocenters. The monoisotopic (exact) mass is 271 g/mol. The Labute approximate surface area is 114 Å². The first-order valence-electron chi connectivity index (χ1n) is 6.33. The lowest BCUT2D eigenvalue weighted by Crippen LogP contribution is -2.33. The van der Waals surface area contributed by atoms with Crippen LogP contribution in [0.4, 0.5) is 0 Å². The zero-order valence-corrected chi connectivity index (χ0v) is 11.6. The molecule has 3 heteroatoms. The Kier molecular flexibility index (Phi) is 5.15. The van der Waals surface area contributed by atoms with Gasteiger partial charge in [0.25, 0.3) is 0 Å². The molecule has 0 bridgehead atoms. The molecule has 1 fully saturated rings. The number of halogens is 2. The van der Waals surface area contributed by atoms with Crippen LogP contribution < -0.4 is 0 Å². The van der Waals surface area contributed by atoms with Crippen LogP contribution in [0.15, 0.2) is 24.3 Å². The van der Waals surface area contributed by atoms with E-state index in [-0.39, 0.29) is 0 Å². The first kappa shape index (κ1) is 13.2. The predicted octanol–water partition coefficient (Wildman–Crippen LogP) is 4.15. The lowest BCUT2D eigenvalue weighted by atomic mass is 9.89. The molecule has 0 saturated carbocycles. The fourth-order valence-electron chi connectivity index (χ4n) is 2.53. The number of rotatable bonds is 4. The van der Waals surface area contributed by atoms with E-state index in [1.807, 2.05) is 6.07 Å². The summed E-state index contributed by atoms with van der Waals surface area (Å²) in [4.78, 5) is 2.52. The third kappa shape index (κ3) is 3.87. The number of benzene rings is 1. The number of piperidine rings is 1. The Morgan fingerprint density at radius 1 is 1.24 bits per heavy atom. The SMILES string of the molecule is ClCCCN1CCC(c2cccc(Cl)c2)CC1. The van der Waals surface area contributed by atoms with E-state index >= 15 is 0 Å². The second-order valence-corrected chi connectivity index (χ2v) is 5.53. The molecule has 1 aromatic carbocycles. The number of likely N-dealkylation sites (tertiary alicyclic amines) is 1. The van der Waals surface area contributed by atoms with E-state index in [1.165, 1.54) is 31.5 Å². The third-order valence-corrected chi connectivity index (χ3v) is 4.02. The maximum atomic E-state index is 6.04. The smallest absolute Gasteiger partial charge is 0.0408 e. The highest BCUT2D eigenvalue weighted by molar-refractivity contribution is 6.30. The van der Waals surface area contributed by atoms with Crippen LogP contribution in [0.1, 0.15) is 30.7 Å². The van der Waals surface area contributed by atoms with Crippen LogP contribution in [0.25, 0.3) is 0 Å². The van der Waals surface area contributed by atoms with Gasteiger partial charge in [0.15, 0.2) is 0 Å². The average Bonchev–Trinajstić information content (AvgIpc) is 2.37. The summed E-state index contributed by atoms with van der Waals surface area (Å²) in [6.45, 7) is 3.52. The van der Waals surface area contributed by atoms with E-state index in [9.17, 15) is 0 Å². The van der Waals surface area contributed by atoms with Crippen molar-refractivity contribution in [1.29, 1.82) is 0 Å². The van der Waals surface area contributed by atoms with Gasteiger partial charge in [-0.2, -0.15) is 0 Å². The van der Waals surface area contributed by atoms with Crippen LogP contribution in [0, 0.1) is 0 Å². The summed E-state index contributed by atoms with van der Waals surface area (Å²) in [5, 5.41) is 0.854. The van der Waals surface area contributed by atoms with Crippen molar-refractivity contribution in [3.8, 4) is 0 Å². The van der Waals surface area contributed by atoms with Gasteiger partial charge < -0.3 is 4.90 Å². The van der Waals surface area contributed by atoms with Crippen LogP contribution in [-0.2, 0) is 0 Å². The van der Waals surface area contributed by atoms with Gasteiger partial charge >= 0.3 is 0 Å². The Morgan fingerprint density at radius 3 is 2.65 bits per heavy atom. The van der Waals surface area contributed by atoms with Crippen LogP contribution in [0.2, 0.25) is 5.02 Å². The Hall–Kier alpha value is -0.240. The molecule has 1 aliphatic rings. The summed E-state index contributed by atoms with van der Waals surface area (Å²) in [6.07, 6.45) is 3.58. The zero-order chi connectivity index (χ0) is 12.1. The molecule has 0 spiro atoms. The summed E-state index contributed by atoms with van der Waals surface area (Å²) in [7, 11) is 0. The molecule has 1 heterocycles. The van der Waals surface area contributed by atoms with Crippen molar-refractivity contribution in [3.05, 3.63) is 34.9 Å². The van der Waals surface area contributed by atoms with Crippen molar-refractivity contribution >= 4 is 23.2 Å². The zero-order valence-electron chi connectivity index (χ0n) is 10.0. The van der Waals surface area contributed by atoms with E-state index in [0.29, 0.717) is 5.92 Å². The predicted molar refractivity (Wildman–Crippen MR) is 75.2 cm³/mol. The molecule has 1 aliphatic heterocycles. The van der Waals surface area contributed by atoms with Crippen molar-refractivity contribution in [1.82, 2.24) is 4.90 Å². The molecule has 94 valence electrons. The Balaban J connectivity index is 1.86. The largest absolute Gasteiger partial charge is 0.303 e. The highest BCUT2D eigenvalue weighted by Gasteiger charge is 2.20. The molecular weight excluding hydrogens is 253 g/mol. The second-order valence-electron chi connectivity index (χ2n) is 4.71. The summed E-state index contributed by atoms with van der Waals surface area (Å²) in [5.74, 6) is 1.45. The van der Waals surface area contributed by atoms with Gasteiger partial charge in [0.2, 0.25) is 0 Å². The molecule has 17 heavy (non-hydrogen) atoms. The quantitative estimate of drug-likeness (QED) is 0.744. The van der Waals surface area contributed by atoms with Gasteiger partial charge in [-0.05, 0) is 62.5 Å².